The lowest BCUT2D eigenvalue weighted by Gasteiger charge is -2.25. The van der Waals surface area contributed by atoms with Gasteiger partial charge in [-0.25, -0.2) is 0 Å². The molecule has 0 saturated heterocycles. The number of hydrogen-bond acceptors (Lipinski definition) is 3. The van der Waals surface area contributed by atoms with Gasteiger partial charge in [0.05, 0.1) is 17.0 Å². The SMILES string of the molecule is CC(C(=O)NC1(c2ccccc2)CC1)C(O)C(=O)NC1(c2ccccc2)CC1. The number of nitrogens with one attached hydrogen (secondary N) is 2. The highest BCUT2D eigenvalue weighted by atomic mass is 16.3. The normalized spacial score (nSPS) is 20.5. The molecular formula is C23H26N2O3. The van der Waals surface area contributed by atoms with Crippen LogP contribution in [0.5, 0.6) is 0 Å². The molecule has 5 nitrogen and oxygen atoms in total. The van der Waals surface area contributed by atoms with Crippen LogP contribution in [-0.2, 0) is 20.7 Å². The van der Waals surface area contributed by atoms with Gasteiger partial charge in [0.2, 0.25) is 11.8 Å². The Bertz CT molecular complexity index is 784. The van der Waals surface area contributed by atoms with Crippen molar-refractivity contribution in [2.75, 3.05) is 0 Å². The van der Waals surface area contributed by atoms with Crippen molar-refractivity contribution in [3.8, 4) is 0 Å². The molecule has 2 unspecified atom stereocenters. The van der Waals surface area contributed by atoms with Crippen molar-refractivity contribution in [2.45, 2.75) is 49.8 Å². The highest BCUT2D eigenvalue weighted by Gasteiger charge is 2.49. The minimum absolute atomic E-state index is 0.298. The van der Waals surface area contributed by atoms with E-state index < -0.39 is 23.5 Å². The van der Waals surface area contributed by atoms with Gasteiger partial charge < -0.3 is 15.7 Å². The Labute approximate surface area is 165 Å². The van der Waals surface area contributed by atoms with Crippen LogP contribution in [0.3, 0.4) is 0 Å². The minimum Gasteiger partial charge on any atom is -0.382 e. The predicted octanol–water partition coefficient (Wildman–Crippen LogP) is 2.59. The van der Waals surface area contributed by atoms with E-state index in [9.17, 15) is 14.7 Å². The van der Waals surface area contributed by atoms with Gasteiger partial charge in [0.15, 0.2) is 0 Å². The predicted molar refractivity (Wildman–Crippen MR) is 106 cm³/mol. The summed E-state index contributed by atoms with van der Waals surface area (Å²) in [5.74, 6) is -1.62. The van der Waals surface area contributed by atoms with Crippen LogP contribution in [0.1, 0.15) is 43.7 Å². The first-order valence-corrected chi connectivity index (χ1v) is 9.89. The number of carbonyl (C=O) groups is 2. The number of amides is 2. The van der Waals surface area contributed by atoms with Crippen molar-refractivity contribution in [1.82, 2.24) is 10.6 Å². The quantitative estimate of drug-likeness (QED) is 0.693. The zero-order chi connectivity index (χ0) is 19.8. The molecule has 2 aliphatic carbocycles. The molecule has 0 aliphatic heterocycles. The molecule has 2 atom stereocenters. The Kier molecular flexibility index (Phi) is 4.71. The molecule has 28 heavy (non-hydrogen) atoms. The monoisotopic (exact) mass is 378 g/mol. The van der Waals surface area contributed by atoms with Gasteiger partial charge in [0.25, 0.3) is 0 Å². The van der Waals surface area contributed by atoms with Gasteiger partial charge in [0.1, 0.15) is 6.10 Å². The number of carbonyl (C=O) groups excluding carboxylic acids is 2. The molecule has 2 aromatic rings. The molecule has 2 saturated carbocycles. The highest BCUT2D eigenvalue weighted by Crippen LogP contribution is 2.46. The summed E-state index contributed by atoms with van der Waals surface area (Å²) in [5, 5.41) is 16.5. The van der Waals surface area contributed by atoms with Crippen molar-refractivity contribution in [2.24, 2.45) is 5.92 Å². The first-order chi connectivity index (χ1) is 13.5. The van der Waals surface area contributed by atoms with Gasteiger partial charge >= 0.3 is 0 Å². The fourth-order valence-corrected chi connectivity index (χ4v) is 3.77. The number of hydrogen-bond donors (Lipinski definition) is 3. The summed E-state index contributed by atoms with van der Waals surface area (Å²) < 4.78 is 0. The van der Waals surface area contributed by atoms with Crippen LogP contribution in [-0.4, -0.2) is 23.0 Å². The summed E-state index contributed by atoms with van der Waals surface area (Å²) in [4.78, 5) is 25.3. The van der Waals surface area contributed by atoms with Crippen molar-refractivity contribution >= 4 is 11.8 Å². The van der Waals surface area contributed by atoms with Gasteiger partial charge in [-0.2, -0.15) is 0 Å². The van der Waals surface area contributed by atoms with E-state index in [0.717, 1.165) is 36.8 Å². The van der Waals surface area contributed by atoms with Gasteiger partial charge in [-0.3, -0.25) is 9.59 Å². The van der Waals surface area contributed by atoms with E-state index in [4.69, 9.17) is 0 Å². The lowest BCUT2D eigenvalue weighted by atomic mass is 9.98. The summed E-state index contributed by atoms with van der Waals surface area (Å²) in [7, 11) is 0. The van der Waals surface area contributed by atoms with E-state index in [1.807, 2.05) is 60.7 Å². The van der Waals surface area contributed by atoms with Gasteiger partial charge in [-0.05, 0) is 36.8 Å². The maximum atomic E-state index is 12.7. The van der Waals surface area contributed by atoms with Crippen molar-refractivity contribution < 1.29 is 14.7 Å². The Morgan fingerprint density at radius 1 is 0.786 bits per heavy atom. The van der Waals surface area contributed by atoms with Crippen molar-refractivity contribution in [1.29, 1.82) is 0 Å². The third-order valence-corrected chi connectivity index (χ3v) is 6.03. The van der Waals surface area contributed by atoms with Crippen LogP contribution in [0.4, 0.5) is 0 Å². The summed E-state index contributed by atoms with van der Waals surface area (Å²) in [6, 6.07) is 19.6. The second kappa shape index (κ2) is 7.06. The fraction of sp³-hybridized carbons (Fsp3) is 0.391. The van der Waals surface area contributed by atoms with E-state index >= 15 is 0 Å². The second-order valence-electron chi connectivity index (χ2n) is 8.11. The van der Waals surface area contributed by atoms with E-state index in [-0.39, 0.29) is 11.4 Å². The standard InChI is InChI=1S/C23H26N2O3/c1-16(20(27)24-22(12-13-22)17-8-4-2-5-9-17)19(26)21(28)25-23(14-15-23)18-10-6-3-7-11-18/h2-11,16,19,26H,12-15H2,1H3,(H,24,27)(H,25,28). The number of benzene rings is 2. The summed E-state index contributed by atoms with van der Waals surface area (Å²) in [5.41, 5.74) is 1.34. The molecule has 0 bridgehead atoms. The number of aliphatic hydroxyl groups excluding tert-OH is 1. The van der Waals surface area contributed by atoms with Crippen LogP contribution in [0, 0.1) is 5.92 Å². The molecule has 2 aliphatic rings. The number of rotatable bonds is 7. The summed E-state index contributed by atoms with van der Waals surface area (Å²) >= 11 is 0. The molecule has 3 N–H and O–H groups in total. The lowest BCUT2D eigenvalue weighted by molar-refractivity contribution is -0.140. The second-order valence-corrected chi connectivity index (χ2v) is 8.11. The highest BCUT2D eigenvalue weighted by molar-refractivity contribution is 5.90. The molecule has 146 valence electrons. The van der Waals surface area contributed by atoms with E-state index in [0.29, 0.717) is 0 Å². The van der Waals surface area contributed by atoms with E-state index in [1.165, 1.54) is 0 Å². The topological polar surface area (TPSA) is 78.4 Å². The maximum Gasteiger partial charge on any atom is 0.250 e. The van der Waals surface area contributed by atoms with Crippen LogP contribution in [0.25, 0.3) is 0 Å². The van der Waals surface area contributed by atoms with Crippen LogP contribution >= 0.6 is 0 Å². The van der Waals surface area contributed by atoms with Crippen LogP contribution in [0.2, 0.25) is 0 Å². The maximum absolute atomic E-state index is 12.7. The lowest BCUT2D eigenvalue weighted by Crippen LogP contribution is -2.49. The van der Waals surface area contributed by atoms with Crippen molar-refractivity contribution in [3.05, 3.63) is 71.8 Å². The first kappa shape index (κ1) is 18.7. The molecular weight excluding hydrogens is 352 g/mol. The van der Waals surface area contributed by atoms with Gasteiger partial charge in [0, 0.05) is 0 Å². The zero-order valence-electron chi connectivity index (χ0n) is 16.0. The third-order valence-electron chi connectivity index (χ3n) is 6.03. The first-order valence-electron chi connectivity index (χ1n) is 9.89. The molecule has 2 aromatic carbocycles. The smallest absolute Gasteiger partial charge is 0.250 e. The Balaban J connectivity index is 1.38. The molecule has 0 radical (unpaired) electrons. The Hall–Kier alpha value is -2.66. The molecule has 2 fully saturated rings. The molecule has 2 amide bonds. The van der Waals surface area contributed by atoms with Crippen molar-refractivity contribution in [3.63, 3.8) is 0 Å². The van der Waals surface area contributed by atoms with Gasteiger partial charge in [-0.15, -0.1) is 0 Å². The molecule has 5 heteroatoms. The molecule has 0 heterocycles. The van der Waals surface area contributed by atoms with E-state index in [1.54, 1.807) is 6.92 Å². The zero-order valence-corrected chi connectivity index (χ0v) is 16.0. The summed E-state index contributed by atoms with van der Waals surface area (Å²) in [6.45, 7) is 1.60. The minimum atomic E-state index is -1.38. The Morgan fingerprint density at radius 2 is 1.18 bits per heavy atom. The third kappa shape index (κ3) is 3.54. The Morgan fingerprint density at radius 3 is 1.57 bits per heavy atom. The molecule has 0 spiro atoms. The molecule has 4 rings (SSSR count). The van der Waals surface area contributed by atoms with Gasteiger partial charge in [-0.1, -0.05) is 67.6 Å². The van der Waals surface area contributed by atoms with E-state index in [2.05, 4.69) is 10.6 Å². The largest absolute Gasteiger partial charge is 0.382 e. The fourth-order valence-electron chi connectivity index (χ4n) is 3.77. The summed E-state index contributed by atoms with van der Waals surface area (Å²) in [6.07, 6.45) is 2.04. The average Bonchev–Trinajstić information content (AvgIpc) is 3.66. The molecule has 0 aromatic heterocycles. The number of aliphatic hydroxyl groups is 1. The van der Waals surface area contributed by atoms with Crippen LogP contribution in [0.15, 0.2) is 60.7 Å². The van der Waals surface area contributed by atoms with Crippen LogP contribution < -0.4 is 10.6 Å². The average molecular weight is 378 g/mol.